The van der Waals surface area contributed by atoms with Crippen molar-refractivity contribution in [1.29, 1.82) is 0 Å². The summed E-state index contributed by atoms with van der Waals surface area (Å²) in [6.45, 7) is 4.31. The van der Waals surface area contributed by atoms with Gasteiger partial charge in [-0.15, -0.1) is 6.58 Å². The van der Waals surface area contributed by atoms with Gasteiger partial charge in [0.05, 0.1) is 5.69 Å². The molecular formula is C14H18F3NO. The van der Waals surface area contributed by atoms with Crippen LogP contribution < -0.4 is 10.1 Å². The third-order valence-electron chi connectivity index (χ3n) is 2.48. The minimum absolute atomic E-state index is 0.133. The van der Waals surface area contributed by atoms with E-state index in [1.165, 1.54) is 6.07 Å². The molecule has 0 heterocycles. The van der Waals surface area contributed by atoms with Gasteiger partial charge in [0.25, 0.3) is 0 Å². The summed E-state index contributed by atoms with van der Waals surface area (Å²) in [5, 5.41) is 3.14. The normalized spacial score (nSPS) is 12.8. The summed E-state index contributed by atoms with van der Waals surface area (Å²) >= 11 is 0. The van der Waals surface area contributed by atoms with Gasteiger partial charge in [0.1, 0.15) is 5.75 Å². The molecular weight excluding hydrogens is 255 g/mol. The van der Waals surface area contributed by atoms with Gasteiger partial charge < -0.3 is 10.1 Å². The van der Waals surface area contributed by atoms with Crippen LogP contribution in [-0.2, 0) is 0 Å². The molecule has 0 spiro atoms. The van der Waals surface area contributed by atoms with E-state index in [0.29, 0.717) is 5.69 Å². The Labute approximate surface area is 111 Å². The predicted octanol–water partition coefficient (Wildman–Crippen LogP) is 4.39. The minimum Gasteiger partial charge on any atom is -0.482 e. The quantitative estimate of drug-likeness (QED) is 0.744. The van der Waals surface area contributed by atoms with Gasteiger partial charge in [0.15, 0.2) is 6.61 Å². The van der Waals surface area contributed by atoms with Crippen molar-refractivity contribution in [1.82, 2.24) is 0 Å². The third-order valence-corrected chi connectivity index (χ3v) is 2.48. The molecule has 0 aliphatic carbocycles. The highest BCUT2D eigenvalue weighted by Gasteiger charge is 2.28. The number of anilines is 1. The summed E-state index contributed by atoms with van der Waals surface area (Å²) < 4.78 is 41.2. The largest absolute Gasteiger partial charge is 0.482 e. The van der Waals surface area contributed by atoms with Crippen molar-refractivity contribution >= 4 is 5.69 Å². The maximum atomic E-state index is 12.1. The van der Waals surface area contributed by atoms with Crippen LogP contribution in [0.2, 0.25) is 0 Å². The maximum absolute atomic E-state index is 12.1. The highest BCUT2D eigenvalue weighted by Crippen LogP contribution is 2.27. The smallest absolute Gasteiger partial charge is 0.422 e. The molecule has 1 rings (SSSR count). The van der Waals surface area contributed by atoms with E-state index < -0.39 is 12.8 Å². The summed E-state index contributed by atoms with van der Waals surface area (Å²) in [5.74, 6) is 0.213. The molecule has 19 heavy (non-hydrogen) atoms. The van der Waals surface area contributed by atoms with Crippen molar-refractivity contribution < 1.29 is 17.9 Å². The Morgan fingerprint density at radius 1 is 1.37 bits per heavy atom. The van der Waals surface area contributed by atoms with Gasteiger partial charge in [-0.1, -0.05) is 18.2 Å². The van der Waals surface area contributed by atoms with Crippen LogP contribution in [0.1, 0.15) is 19.8 Å². The molecule has 1 N–H and O–H groups in total. The molecule has 1 aromatic carbocycles. The highest BCUT2D eigenvalue weighted by molar-refractivity contribution is 5.56. The van der Waals surface area contributed by atoms with E-state index in [2.05, 4.69) is 11.9 Å². The molecule has 0 aliphatic rings. The maximum Gasteiger partial charge on any atom is 0.422 e. The van der Waals surface area contributed by atoms with Crippen LogP contribution >= 0.6 is 0 Å². The Kier molecular flexibility index (Phi) is 5.73. The van der Waals surface area contributed by atoms with Gasteiger partial charge in [-0.2, -0.15) is 13.2 Å². The van der Waals surface area contributed by atoms with Gasteiger partial charge in [-0.3, -0.25) is 0 Å². The number of ether oxygens (including phenoxy) is 1. The van der Waals surface area contributed by atoms with Crippen LogP contribution in [0.25, 0.3) is 0 Å². The van der Waals surface area contributed by atoms with Crippen LogP contribution in [-0.4, -0.2) is 18.8 Å². The summed E-state index contributed by atoms with van der Waals surface area (Å²) in [4.78, 5) is 0. The standard InChI is InChI=1S/C14H18F3NO/c1-3-4-7-11(2)18-12-8-5-6-9-13(12)19-10-14(15,16)17/h3,5-6,8-9,11,18H,1,4,7,10H2,2H3. The van der Waals surface area contributed by atoms with Crippen molar-refractivity contribution in [2.45, 2.75) is 32.0 Å². The zero-order chi connectivity index (χ0) is 14.3. The van der Waals surface area contributed by atoms with Gasteiger partial charge >= 0.3 is 6.18 Å². The molecule has 0 amide bonds. The van der Waals surface area contributed by atoms with Crippen molar-refractivity contribution in [3.8, 4) is 5.75 Å². The second kappa shape index (κ2) is 7.07. The fourth-order valence-corrected chi connectivity index (χ4v) is 1.58. The van der Waals surface area contributed by atoms with E-state index >= 15 is 0 Å². The van der Waals surface area contributed by atoms with Crippen LogP contribution in [0.3, 0.4) is 0 Å². The summed E-state index contributed by atoms with van der Waals surface area (Å²) in [6.07, 6.45) is -0.817. The Hall–Kier alpha value is -1.65. The first-order valence-corrected chi connectivity index (χ1v) is 6.08. The lowest BCUT2D eigenvalue weighted by atomic mass is 10.1. The molecule has 0 aromatic heterocycles. The average molecular weight is 273 g/mol. The second-order valence-electron chi connectivity index (χ2n) is 4.31. The Morgan fingerprint density at radius 2 is 2.05 bits per heavy atom. The highest BCUT2D eigenvalue weighted by atomic mass is 19.4. The number of benzene rings is 1. The second-order valence-corrected chi connectivity index (χ2v) is 4.31. The first-order chi connectivity index (χ1) is 8.92. The van der Waals surface area contributed by atoms with Gasteiger partial charge in [0.2, 0.25) is 0 Å². The van der Waals surface area contributed by atoms with E-state index in [1.807, 2.05) is 13.0 Å². The molecule has 2 nitrogen and oxygen atoms in total. The molecule has 1 atom stereocenters. The molecule has 106 valence electrons. The summed E-state index contributed by atoms with van der Waals surface area (Å²) in [5.41, 5.74) is 0.573. The molecule has 5 heteroatoms. The molecule has 0 aliphatic heterocycles. The van der Waals surface area contributed by atoms with Crippen molar-refractivity contribution in [3.63, 3.8) is 0 Å². The van der Waals surface area contributed by atoms with Crippen LogP contribution in [0, 0.1) is 0 Å². The minimum atomic E-state index is -4.33. The fourth-order valence-electron chi connectivity index (χ4n) is 1.58. The van der Waals surface area contributed by atoms with Crippen LogP contribution in [0.15, 0.2) is 36.9 Å². The zero-order valence-electron chi connectivity index (χ0n) is 10.8. The third kappa shape index (κ3) is 6.18. The van der Waals surface area contributed by atoms with E-state index in [1.54, 1.807) is 18.2 Å². The SMILES string of the molecule is C=CCCC(C)Nc1ccccc1OCC(F)(F)F. The topological polar surface area (TPSA) is 21.3 Å². The first kappa shape index (κ1) is 15.4. The van der Waals surface area contributed by atoms with Crippen molar-refractivity contribution in [2.24, 2.45) is 0 Å². The average Bonchev–Trinajstić information content (AvgIpc) is 2.34. The molecule has 0 saturated heterocycles. The lowest BCUT2D eigenvalue weighted by Crippen LogP contribution is -2.21. The van der Waals surface area contributed by atoms with E-state index in [4.69, 9.17) is 4.74 Å². The van der Waals surface area contributed by atoms with Gasteiger partial charge in [-0.25, -0.2) is 0 Å². The number of halogens is 3. The molecule has 0 fully saturated rings. The van der Waals surface area contributed by atoms with Gasteiger partial charge in [0, 0.05) is 6.04 Å². The number of rotatable bonds is 7. The molecule has 0 radical (unpaired) electrons. The molecule has 0 bridgehead atoms. The Bertz CT molecular complexity index is 404. The van der Waals surface area contributed by atoms with Crippen molar-refractivity contribution in [2.75, 3.05) is 11.9 Å². The summed E-state index contributed by atoms with van der Waals surface area (Å²) in [7, 11) is 0. The number of hydrogen-bond acceptors (Lipinski definition) is 2. The lowest BCUT2D eigenvalue weighted by Gasteiger charge is -2.18. The Morgan fingerprint density at radius 3 is 2.68 bits per heavy atom. The number of para-hydroxylation sites is 2. The number of nitrogens with one attached hydrogen (secondary N) is 1. The fraction of sp³-hybridized carbons (Fsp3) is 0.429. The Balaban J connectivity index is 2.64. The number of hydrogen-bond donors (Lipinski definition) is 1. The first-order valence-electron chi connectivity index (χ1n) is 6.08. The summed E-state index contributed by atoms with van der Waals surface area (Å²) in [6, 6.07) is 6.76. The monoisotopic (exact) mass is 273 g/mol. The molecule has 0 saturated carbocycles. The van der Waals surface area contributed by atoms with E-state index in [9.17, 15) is 13.2 Å². The van der Waals surface area contributed by atoms with Crippen LogP contribution in [0.5, 0.6) is 5.75 Å². The molecule has 1 unspecified atom stereocenters. The number of allylic oxidation sites excluding steroid dienone is 1. The molecule has 1 aromatic rings. The van der Waals surface area contributed by atoms with Crippen LogP contribution in [0.4, 0.5) is 18.9 Å². The van der Waals surface area contributed by atoms with E-state index in [0.717, 1.165) is 12.8 Å². The predicted molar refractivity (Wildman–Crippen MR) is 70.5 cm³/mol. The number of alkyl halides is 3. The lowest BCUT2D eigenvalue weighted by molar-refractivity contribution is -0.153. The van der Waals surface area contributed by atoms with Crippen molar-refractivity contribution in [3.05, 3.63) is 36.9 Å². The zero-order valence-corrected chi connectivity index (χ0v) is 10.8. The van der Waals surface area contributed by atoms with E-state index in [-0.39, 0.29) is 11.8 Å². The van der Waals surface area contributed by atoms with Gasteiger partial charge in [-0.05, 0) is 31.9 Å².